The van der Waals surface area contributed by atoms with Gasteiger partial charge >= 0.3 is 0 Å². The highest BCUT2D eigenvalue weighted by Crippen LogP contribution is 2.19. The Morgan fingerprint density at radius 1 is 1.47 bits per heavy atom. The standard InChI is InChI=1S/C9H18ClNO3S/c1-8(7-10)15(12,13)11(2)9-3-5-14-6-4-9/h8-9H,3-7H2,1-2H3. The minimum Gasteiger partial charge on any atom is -0.381 e. The molecule has 0 aromatic carbocycles. The van der Waals surface area contributed by atoms with Crippen molar-refractivity contribution in [2.75, 3.05) is 26.1 Å². The first-order chi connectivity index (χ1) is 7.00. The molecule has 15 heavy (non-hydrogen) atoms. The van der Waals surface area contributed by atoms with Gasteiger partial charge in [0, 0.05) is 32.2 Å². The summed E-state index contributed by atoms with van der Waals surface area (Å²) < 4.78 is 30.6. The molecular weight excluding hydrogens is 238 g/mol. The number of hydrogen-bond donors (Lipinski definition) is 0. The average Bonchev–Trinajstić information content (AvgIpc) is 2.28. The SMILES string of the molecule is CC(CCl)S(=O)(=O)N(C)C1CCOCC1. The van der Waals surface area contributed by atoms with E-state index < -0.39 is 15.3 Å². The van der Waals surface area contributed by atoms with Crippen LogP contribution >= 0.6 is 11.6 Å². The summed E-state index contributed by atoms with van der Waals surface area (Å²) >= 11 is 5.59. The van der Waals surface area contributed by atoms with Gasteiger partial charge in [-0.2, -0.15) is 0 Å². The van der Waals surface area contributed by atoms with Gasteiger partial charge in [0.15, 0.2) is 0 Å². The first-order valence-electron chi connectivity index (χ1n) is 5.10. The van der Waals surface area contributed by atoms with E-state index in [9.17, 15) is 8.42 Å². The maximum Gasteiger partial charge on any atom is 0.217 e. The molecule has 0 spiro atoms. The minimum absolute atomic E-state index is 0.0643. The summed E-state index contributed by atoms with van der Waals surface area (Å²) in [6, 6.07) is 0.0643. The largest absolute Gasteiger partial charge is 0.381 e. The molecule has 1 rings (SSSR count). The van der Waals surface area contributed by atoms with Gasteiger partial charge in [0.05, 0.1) is 5.25 Å². The van der Waals surface area contributed by atoms with E-state index in [1.807, 2.05) is 0 Å². The second-order valence-corrected chi connectivity index (χ2v) is 6.59. The van der Waals surface area contributed by atoms with Gasteiger partial charge in [0.2, 0.25) is 10.0 Å². The summed E-state index contributed by atoms with van der Waals surface area (Å²) in [5.41, 5.74) is 0. The molecule has 1 aliphatic heterocycles. The predicted molar refractivity (Wildman–Crippen MR) is 60.7 cm³/mol. The monoisotopic (exact) mass is 255 g/mol. The Morgan fingerprint density at radius 2 is 2.00 bits per heavy atom. The lowest BCUT2D eigenvalue weighted by Crippen LogP contribution is -2.44. The number of sulfonamides is 1. The molecule has 1 saturated heterocycles. The number of hydrogen-bond acceptors (Lipinski definition) is 3. The molecule has 0 bridgehead atoms. The van der Waals surface area contributed by atoms with Gasteiger partial charge in [-0.05, 0) is 19.8 Å². The average molecular weight is 256 g/mol. The van der Waals surface area contributed by atoms with Gasteiger partial charge in [0.25, 0.3) is 0 Å². The second kappa shape index (κ2) is 5.48. The van der Waals surface area contributed by atoms with E-state index in [1.165, 1.54) is 4.31 Å². The Bertz CT molecular complexity index is 288. The Morgan fingerprint density at radius 3 is 2.47 bits per heavy atom. The van der Waals surface area contributed by atoms with Crippen LogP contribution in [0.4, 0.5) is 0 Å². The normalized spacial score (nSPS) is 21.9. The Hall–Kier alpha value is 0.160. The van der Waals surface area contributed by atoms with Crippen LogP contribution in [0.15, 0.2) is 0 Å². The third-order valence-corrected chi connectivity index (χ3v) is 5.76. The summed E-state index contributed by atoms with van der Waals surface area (Å²) in [4.78, 5) is 0. The zero-order chi connectivity index (χ0) is 11.5. The van der Waals surface area contributed by atoms with E-state index in [0.717, 1.165) is 12.8 Å². The van der Waals surface area contributed by atoms with Crippen LogP contribution in [0.1, 0.15) is 19.8 Å². The fourth-order valence-electron chi connectivity index (χ4n) is 1.62. The van der Waals surface area contributed by atoms with Crippen LogP contribution in [0.2, 0.25) is 0 Å². The zero-order valence-electron chi connectivity index (χ0n) is 9.15. The summed E-state index contributed by atoms with van der Waals surface area (Å²) in [7, 11) is -1.61. The molecule has 90 valence electrons. The third-order valence-electron chi connectivity index (χ3n) is 2.83. The smallest absolute Gasteiger partial charge is 0.217 e. The van der Waals surface area contributed by atoms with Crippen molar-refractivity contribution in [3.05, 3.63) is 0 Å². The fraction of sp³-hybridized carbons (Fsp3) is 1.00. The Kier molecular flexibility index (Phi) is 4.83. The number of rotatable bonds is 4. The van der Waals surface area contributed by atoms with E-state index in [0.29, 0.717) is 13.2 Å². The minimum atomic E-state index is -3.24. The Balaban J connectivity index is 2.69. The molecule has 1 atom stereocenters. The van der Waals surface area contributed by atoms with Crippen molar-refractivity contribution in [2.45, 2.75) is 31.1 Å². The lowest BCUT2D eigenvalue weighted by molar-refractivity contribution is 0.0630. The molecule has 4 nitrogen and oxygen atoms in total. The molecule has 0 aromatic rings. The lowest BCUT2D eigenvalue weighted by Gasteiger charge is -2.31. The van der Waals surface area contributed by atoms with Gasteiger partial charge in [-0.15, -0.1) is 11.6 Å². The molecule has 1 heterocycles. The van der Waals surface area contributed by atoms with Gasteiger partial charge in [0.1, 0.15) is 0 Å². The maximum atomic E-state index is 12.0. The summed E-state index contributed by atoms with van der Waals surface area (Å²) in [5, 5.41) is -0.521. The van der Waals surface area contributed by atoms with Crippen LogP contribution in [0.3, 0.4) is 0 Å². The van der Waals surface area contributed by atoms with Crippen LogP contribution in [0.5, 0.6) is 0 Å². The first-order valence-corrected chi connectivity index (χ1v) is 7.14. The van der Waals surface area contributed by atoms with Crippen molar-refractivity contribution < 1.29 is 13.2 Å². The molecule has 6 heteroatoms. The van der Waals surface area contributed by atoms with E-state index in [2.05, 4.69) is 0 Å². The lowest BCUT2D eigenvalue weighted by atomic mass is 10.1. The summed E-state index contributed by atoms with van der Waals surface area (Å²) in [6.07, 6.45) is 1.54. The molecule has 0 aromatic heterocycles. The highest BCUT2D eigenvalue weighted by molar-refractivity contribution is 7.89. The van der Waals surface area contributed by atoms with E-state index in [4.69, 9.17) is 16.3 Å². The maximum absolute atomic E-state index is 12.0. The number of nitrogens with zero attached hydrogens (tertiary/aromatic N) is 1. The summed E-state index contributed by atoms with van der Waals surface area (Å²) in [5.74, 6) is 0.135. The van der Waals surface area contributed by atoms with Crippen molar-refractivity contribution in [1.82, 2.24) is 4.31 Å². The molecule has 1 aliphatic rings. The van der Waals surface area contributed by atoms with Gasteiger partial charge < -0.3 is 4.74 Å². The highest BCUT2D eigenvalue weighted by atomic mass is 35.5. The van der Waals surface area contributed by atoms with Crippen LogP contribution in [0, 0.1) is 0 Å². The molecule has 1 fully saturated rings. The molecule has 1 unspecified atom stereocenters. The molecule has 0 radical (unpaired) electrons. The second-order valence-electron chi connectivity index (χ2n) is 3.87. The third kappa shape index (κ3) is 3.06. The Labute approximate surface area is 96.6 Å². The predicted octanol–water partition coefficient (Wildman–Crippen LogP) is 1.05. The quantitative estimate of drug-likeness (QED) is 0.706. The van der Waals surface area contributed by atoms with Crippen molar-refractivity contribution in [1.29, 1.82) is 0 Å². The van der Waals surface area contributed by atoms with Crippen molar-refractivity contribution in [2.24, 2.45) is 0 Å². The topological polar surface area (TPSA) is 46.6 Å². The molecular formula is C9H18ClNO3S. The number of halogens is 1. The van der Waals surface area contributed by atoms with E-state index in [-0.39, 0.29) is 11.9 Å². The number of ether oxygens (including phenoxy) is 1. The van der Waals surface area contributed by atoms with Gasteiger partial charge in [-0.1, -0.05) is 0 Å². The van der Waals surface area contributed by atoms with Crippen LogP contribution in [-0.4, -0.2) is 50.2 Å². The highest BCUT2D eigenvalue weighted by Gasteiger charge is 2.31. The van der Waals surface area contributed by atoms with Crippen molar-refractivity contribution in [3.8, 4) is 0 Å². The van der Waals surface area contributed by atoms with Crippen LogP contribution < -0.4 is 0 Å². The van der Waals surface area contributed by atoms with Gasteiger partial charge in [-0.3, -0.25) is 0 Å². The first kappa shape index (κ1) is 13.2. The summed E-state index contributed by atoms with van der Waals surface area (Å²) in [6.45, 7) is 2.91. The zero-order valence-corrected chi connectivity index (χ0v) is 10.7. The van der Waals surface area contributed by atoms with Crippen molar-refractivity contribution in [3.63, 3.8) is 0 Å². The van der Waals surface area contributed by atoms with Crippen LogP contribution in [-0.2, 0) is 14.8 Å². The molecule has 0 saturated carbocycles. The molecule has 0 N–H and O–H groups in total. The molecule has 0 aliphatic carbocycles. The molecule has 0 amide bonds. The van der Waals surface area contributed by atoms with E-state index >= 15 is 0 Å². The van der Waals surface area contributed by atoms with Crippen LogP contribution in [0.25, 0.3) is 0 Å². The van der Waals surface area contributed by atoms with E-state index in [1.54, 1.807) is 14.0 Å². The van der Waals surface area contributed by atoms with Crippen molar-refractivity contribution >= 4 is 21.6 Å². The number of alkyl halides is 1. The van der Waals surface area contributed by atoms with Gasteiger partial charge in [-0.25, -0.2) is 12.7 Å². The fourth-order valence-corrected chi connectivity index (χ4v) is 3.45.